The van der Waals surface area contributed by atoms with Crippen LogP contribution in [0.15, 0.2) is 0 Å². The first-order valence-electron chi connectivity index (χ1n) is 7.04. The molecule has 128 valence electrons. The highest BCUT2D eigenvalue weighted by atomic mass is 16.7. The number of carbonyl (C=O) groups excluding carboxylic acids is 1. The van der Waals surface area contributed by atoms with Gasteiger partial charge < -0.3 is 47.1 Å². The Labute approximate surface area is 126 Å². The zero-order chi connectivity index (χ0) is 16.6. The average Bonchev–Trinajstić information content (AvgIpc) is 2.49. The van der Waals surface area contributed by atoms with Crippen molar-refractivity contribution in [1.29, 1.82) is 0 Å². The lowest BCUT2D eigenvalue weighted by Gasteiger charge is -2.43. The lowest BCUT2D eigenvalue weighted by atomic mass is 9.84. The summed E-state index contributed by atoms with van der Waals surface area (Å²) >= 11 is 0. The van der Waals surface area contributed by atoms with Crippen LogP contribution in [0.2, 0.25) is 0 Å². The first-order chi connectivity index (χ1) is 10.3. The van der Waals surface area contributed by atoms with Gasteiger partial charge in [-0.05, 0) is 6.42 Å². The van der Waals surface area contributed by atoms with Crippen molar-refractivity contribution in [3.63, 3.8) is 0 Å². The smallest absolute Gasteiger partial charge is 0.185 e. The summed E-state index contributed by atoms with van der Waals surface area (Å²) in [6.45, 7) is -0.605. The number of carbonyl (C=O) groups is 1. The molecule has 2 aliphatic rings. The Morgan fingerprint density at radius 1 is 1.14 bits per heavy atom. The van der Waals surface area contributed by atoms with Crippen molar-refractivity contribution in [2.45, 2.75) is 61.4 Å². The Balaban J connectivity index is 2.09. The lowest BCUT2D eigenvalue weighted by molar-refractivity contribution is -0.264. The highest BCUT2D eigenvalue weighted by Gasteiger charge is 2.47. The number of Topliss-reactive ketones (excluding diaryl/α,β-unsaturated/α-hetero) is 1. The molecule has 0 radical (unpaired) electrons. The van der Waals surface area contributed by atoms with Gasteiger partial charge in [-0.3, -0.25) is 4.79 Å². The van der Waals surface area contributed by atoms with Gasteiger partial charge in [0.1, 0.15) is 30.5 Å². The number of nitrogens with two attached hydrogens (primary N) is 3. The van der Waals surface area contributed by atoms with Gasteiger partial charge in [-0.2, -0.15) is 0 Å². The summed E-state index contributed by atoms with van der Waals surface area (Å²) < 4.78 is 10.7. The van der Waals surface area contributed by atoms with E-state index in [1.807, 2.05) is 0 Å². The molecule has 1 heterocycles. The maximum absolute atomic E-state index is 11.8. The zero-order valence-electron chi connectivity index (χ0n) is 11.9. The van der Waals surface area contributed by atoms with Crippen molar-refractivity contribution < 1.29 is 34.7 Å². The van der Waals surface area contributed by atoms with E-state index >= 15 is 0 Å². The third kappa shape index (κ3) is 3.15. The molecule has 10 N–H and O–H groups in total. The molecule has 0 bridgehead atoms. The minimum absolute atomic E-state index is 0.199. The van der Waals surface area contributed by atoms with Crippen LogP contribution in [-0.2, 0) is 14.3 Å². The zero-order valence-corrected chi connectivity index (χ0v) is 11.9. The second-order valence-electron chi connectivity index (χ2n) is 5.74. The van der Waals surface area contributed by atoms with Gasteiger partial charge >= 0.3 is 0 Å². The highest BCUT2D eigenvalue weighted by Crippen LogP contribution is 2.25. The van der Waals surface area contributed by atoms with E-state index in [-0.39, 0.29) is 6.42 Å². The largest absolute Gasteiger partial charge is 0.394 e. The number of ketones is 1. The molecule has 9 atom stereocenters. The van der Waals surface area contributed by atoms with Gasteiger partial charge in [-0.1, -0.05) is 0 Å². The van der Waals surface area contributed by atoms with Crippen molar-refractivity contribution in [1.82, 2.24) is 0 Å². The van der Waals surface area contributed by atoms with Gasteiger partial charge in [-0.25, -0.2) is 0 Å². The monoisotopic (exact) mass is 321 g/mol. The lowest BCUT2D eigenvalue weighted by Crippen LogP contribution is -2.66. The third-order valence-electron chi connectivity index (χ3n) is 4.14. The van der Waals surface area contributed by atoms with Gasteiger partial charge in [0, 0.05) is 12.1 Å². The standard InChI is InChI=1S/C12H23N3O7/c13-3-1-4(14)11(10(20)7(3)17)22-12-6(15)9(19)8(18)5(2-16)21-12/h3-8,10-12,16-18,20H,1-2,13-15H2. The summed E-state index contributed by atoms with van der Waals surface area (Å²) in [7, 11) is 0. The van der Waals surface area contributed by atoms with Gasteiger partial charge in [0.2, 0.25) is 0 Å². The summed E-state index contributed by atoms with van der Waals surface area (Å²) in [6, 6.07) is -2.69. The van der Waals surface area contributed by atoms with Crippen LogP contribution in [-0.4, -0.2) is 87.8 Å². The predicted octanol–water partition coefficient (Wildman–Crippen LogP) is -4.87. The van der Waals surface area contributed by atoms with E-state index in [1.54, 1.807) is 0 Å². The van der Waals surface area contributed by atoms with Gasteiger partial charge in [-0.15, -0.1) is 0 Å². The van der Waals surface area contributed by atoms with Crippen molar-refractivity contribution in [2.75, 3.05) is 6.61 Å². The molecule has 10 heteroatoms. The van der Waals surface area contributed by atoms with E-state index in [1.165, 1.54) is 0 Å². The SMILES string of the molecule is NC1CC(N)C(OC2OC(CO)C(O)C(=O)C2N)C(O)C1O. The van der Waals surface area contributed by atoms with Gasteiger partial charge in [0.15, 0.2) is 12.1 Å². The van der Waals surface area contributed by atoms with Crippen LogP contribution in [0.25, 0.3) is 0 Å². The van der Waals surface area contributed by atoms with Gasteiger partial charge in [0.25, 0.3) is 0 Å². The fourth-order valence-electron chi connectivity index (χ4n) is 2.73. The summed E-state index contributed by atoms with van der Waals surface area (Å²) in [5, 5.41) is 38.5. The molecule has 0 aromatic carbocycles. The quantitative estimate of drug-likeness (QED) is 0.265. The first-order valence-corrected chi connectivity index (χ1v) is 7.04. The number of hydrogen-bond acceptors (Lipinski definition) is 10. The average molecular weight is 321 g/mol. The Morgan fingerprint density at radius 2 is 1.77 bits per heavy atom. The number of aliphatic hydroxyl groups is 4. The number of ether oxygens (including phenoxy) is 2. The second kappa shape index (κ2) is 6.83. The molecule has 2 fully saturated rings. The first kappa shape index (κ1) is 17.7. The van der Waals surface area contributed by atoms with E-state index in [0.717, 1.165) is 0 Å². The van der Waals surface area contributed by atoms with E-state index < -0.39 is 67.3 Å². The molecule has 0 aromatic rings. The van der Waals surface area contributed by atoms with E-state index in [0.29, 0.717) is 0 Å². The molecule has 10 nitrogen and oxygen atoms in total. The van der Waals surface area contributed by atoms with Gasteiger partial charge in [0.05, 0.1) is 12.7 Å². The van der Waals surface area contributed by atoms with E-state index in [2.05, 4.69) is 0 Å². The Morgan fingerprint density at radius 3 is 2.36 bits per heavy atom. The van der Waals surface area contributed by atoms with Crippen molar-refractivity contribution in [2.24, 2.45) is 17.2 Å². The molecule has 1 aliphatic carbocycles. The fraction of sp³-hybridized carbons (Fsp3) is 0.917. The summed E-state index contributed by atoms with van der Waals surface area (Å²) in [6.07, 6.45) is -7.49. The van der Waals surface area contributed by atoms with Crippen LogP contribution in [0.3, 0.4) is 0 Å². The van der Waals surface area contributed by atoms with E-state index in [4.69, 9.17) is 31.8 Å². The molecule has 1 saturated heterocycles. The normalized spacial score (nSPS) is 50.1. The predicted molar refractivity (Wildman–Crippen MR) is 72.2 cm³/mol. The molecular formula is C12H23N3O7. The Hall–Kier alpha value is -0.690. The summed E-state index contributed by atoms with van der Waals surface area (Å²) in [5.74, 6) is -0.744. The maximum atomic E-state index is 11.8. The molecular weight excluding hydrogens is 298 g/mol. The molecule has 0 aromatic heterocycles. The minimum atomic E-state index is -1.55. The molecule has 0 amide bonds. The van der Waals surface area contributed by atoms with Crippen LogP contribution >= 0.6 is 0 Å². The van der Waals surface area contributed by atoms with Crippen LogP contribution in [0, 0.1) is 0 Å². The Bertz CT molecular complexity index is 412. The highest BCUT2D eigenvalue weighted by molar-refractivity contribution is 5.89. The second-order valence-corrected chi connectivity index (χ2v) is 5.74. The molecule has 2 rings (SSSR count). The van der Waals surface area contributed by atoms with Crippen molar-refractivity contribution in [3.8, 4) is 0 Å². The number of rotatable bonds is 3. The topological polar surface area (TPSA) is 195 Å². The summed E-state index contributed by atoms with van der Waals surface area (Å²) in [4.78, 5) is 11.8. The molecule has 9 unspecified atom stereocenters. The minimum Gasteiger partial charge on any atom is -0.394 e. The van der Waals surface area contributed by atoms with E-state index in [9.17, 15) is 20.1 Å². The van der Waals surface area contributed by atoms with Crippen LogP contribution in [0.5, 0.6) is 0 Å². The van der Waals surface area contributed by atoms with Crippen LogP contribution in [0.4, 0.5) is 0 Å². The third-order valence-corrected chi connectivity index (χ3v) is 4.14. The number of aliphatic hydroxyl groups excluding tert-OH is 4. The Kier molecular flexibility index (Phi) is 5.48. The summed E-state index contributed by atoms with van der Waals surface area (Å²) in [5.41, 5.74) is 17.2. The van der Waals surface area contributed by atoms with Crippen LogP contribution in [0.1, 0.15) is 6.42 Å². The van der Waals surface area contributed by atoms with Crippen molar-refractivity contribution >= 4 is 5.78 Å². The molecule has 1 aliphatic heterocycles. The number of hydrogen-bond donors (Lipinski definition) is 7. The van der Waals surface area contributed by atoms with Crippen LogP contribution < -0.4 is 17.2 Å². The van der Waals surface area contributed by atoms with Crippen molar-refractivity contribution in [3.05, 3.63) is 0 Å². The fourth-order valence-corrected chi connectivity index (χ4v) is 2.73. The molecule has 0 spiro atoms. The molecule has 1 saturated carbocycles. The molecule has 22 heavy (non-hydrogen) atoms. The maximum Gasteiger partial charge on any atom is 0.185 e.